The zero-order valence-electron chi connectivity index (χ0n) is 18.2. The number of aryl methyl sites for hydroxylation is 2. The van der Waals surface area contributed by atoms with Gasteiger partial charge in [-0.15, -0.1) is 0 Å². The van der Waals surface area contributed by atoms with Crippen molar-refractivity contribution in [2.75, 3.05) is 16.8 Å². The molecule has 3 fully saturated rings. The maximum atomic E-state index is 14.0. The van der Waals surface area contributed by atoms with Crippen molar-refractivity contribution >= 4 is 40.7 Å². The molecule has 0 unspecified atom stereocenters. The van der Waals surface area contributed by atoms with Gasteiger partial charge in [0.15, 0.2) is 0 Å². The number of imide groups is 1. The number of hydrogen-bond donors (Lipinski definition) is 1. The van der Waals surface area contributed by atoms with E-state index in [9.17, 15) is 14.4 Å². The van der Waals surface area contributed by atoms with Gasteiger partial charge >= 0.3 is 0 Å². The summed E-state index contributed by atoms with van der Waals surface area (Å²) in [6, 6.07) is 9.14. The van der Waals surface area contributed by atoms with Crippen molar-refractivity contribution in [1.82, 2.24) is 4.90 Å². The Morgan fingerprint density at radius 3 is 2.62 bits per heavy atom. The van der Waals surface area contributed by atoms with Crippen LogP contribution >= 0.6 is 11.6 Å². The van der Waals surface area contributed by atoms with Crippen molar-refractivity contribution in [2.45, 2.75) is 45.2 Å². The van der Waals surface area contributed by atoms with Gasteiger partial charge in [-0.2, -0.15) is 0 Å². The minimum Gasteiger partial charge on any atom is -0.324 e. The Kier molecular flexibility index (Phi) is 4.00. The van der Waals surface area contributed by atoms with Crippen LogP contribution in [0.25, 0.3) is 0 Å². The van der Waals surface area contributed by atoms with Gasteiger partial charge in [0, 0.05) is 22.3 Å². The molecule has 3 amide bonds. The Hall–Kier alpha value is -2.70. The number of hydrogen-bond acceptors (Lipinski definition) is 4. The van der Waals surface area contributed by atoms with E-state index in [1.165, 1.54) is 4.90 Å². The van der Waals surface area contributed by atoms with Crippen LogP contribution in [0.4, 0.5) is 11.4 Å². The van der Waals surface area contributed by atoms with Crippen molar-refractivity contribution in [2.24, 2.45) is 11.8 Å². The number of carbonyl (C=O) groups excluding carboxylic acids is 3. The topological polar surface area (TPSA) is 69.7 Å². The van der Waals surface area contributed by atoms with Crippen LogP contribution in [0.3, 0.4) is 0 Å². The highest BCUT2D eigenvalue weighted by atomic mass is 35.5. The second kappa shape index (κ2) is 6.42. The summed E-state index contributed by atoms with van der Waals surface area (Å²) in [5.41, 5.74) is 3.66. The molecular formula is C25H24ClN3O3. The first-order valence-corrected chi connectivity index (χ1v) is 11.5. The van der Waals surface area contributed by atoms with E-state index in [0.717, 1.165) is 40.8 Å². The number of carbonyl (C=O) groups is 3. The van der Waals surface area contributed by atoms with Crippen LogP contribution in [0.2, 0.25) is 5.02 Å². The number of anilines is 2. The summed E-state index contributed by atoms with van der Waals surface area (Å²) >= 11 is 6.43. The summed E-state index contributed by atoms with van der Waals surface area (Å²) in [5.74, 6) is -2.01. The molecule has 4 aliphatic heterocycles. The van der Waals surface area contributed by atoms with Gasteiger partial charge in [-0.1, -0.05) is 23.7 Å². The van der Waals surface area contributed by atoms with Crippen molar-refractivity contribution in [3.63, 3.8) is 0 Å². The molecule has 0 aliphatic carbocycles. The molecule has 2 aromatic rings. The van der Waals surface area contributed by atoms with Crippen LogP contribution in [-0.4, -0.2) is 35.2 Å². The van der Waals surface area contributed by atoms with Gasteiger partial charge in [0.1, 0.15) is 5.54 Å². The number of benzene rings is 2. The number of amides is 3. The number of rotatable bonds is 1. The summed E-state index contributed by atoms with van der Waals surface area (Å²) in [4.78, 5) is 45.1. The molecule has 32 heavy (non-hydrogen) atoms. The van der Waals surface area contributed by atoms with E-state index in [0.29, 0.717) is 17.3 Å². The Morgan fingerprint density at radius 2 is 1.84 bits per heavy atom. The summed E-state index contributed by atoms with van der Waals surface area (Å²) in [6.07, 6.45) is 1.69. The highest BCUT2D eigenvalue weighted by Gasteiger charge is 2.74. The van der Waals surface area contributed by atoms with E-state index in [-0.39, 0.29) is 23.8 Å². The molecule has 0 radical (unpaired) electrons. The van der Waals surface area contributed by atoms with E-state index in [1.54, 1.807) is 6.07 Å². The van der Waals surface area contributed by atoms with Gasteiger partial charge in [-0.25, -0.2) is 4.90 Å². The first-order chi connectivity index (χ1) is 15.3. The summed E-state index contributed by atoms with van der Waals surface area (Å²) in [6.45, 7) is 6.48. The third-order valence-electron chi connectivity index (χ3n) is 8.08. The summed E-state index contributed by atoms with van der Waals surface area (Å²) in [7, 11) is 0. The van der Waals surface area contributed by atoms with E-state index in [4.69, 9.17) is 11.6 Å². The fourth-order valence-corrected chi connectivity index (χ4v) is 6.92. The molecule has 0 aromatic heterocycles. The molecule has 164 valence electrons. The molecular weight excluding hydrogens is 426 g/mol. The van der Waals surface area contributed by atoms with E-state index < -0.39 is 17.4 Å². The number of nitrogens with zero attached hydrogens (tertiary/aromatic N) is 2. The van der Waals surface area contributed by atoms with Gasteiger partial charge in [-0.3, -0.25) is 19.3 Å². The maximum absolute atomic E-state index is 14.0. The van der Waals surface area contributed by atoms with Gasteiger partial charge in [0.05, 0.1) is 17.5 Å². The maximum Gasteiger partial charge on any atom is 0.250 e. The minimum absolute atomic E-state index is 0.137. The molecule has 2 aromatic carbocycles. The predicted molar refractivity (Wildman–Crippen MR) is 122 cm³/mol. The lowest BCUT2D eigenvalue weighted by Crippen LogP contribution is -2.54. The highest BCUT2D eigenvalue weighted by molar-refractivity contribution is 6.31. The zero-order chi connectivity index (χ0) is 22.5. The molecule has 4 aliphatic rings. The number of nitrogens with one attached hydrogen (secondary N) is 1. The molecule has 6 nitrogen and oxygen atoms in total. The van der Waals surface area contributed by atoms with Gasteiger partial charge in [-0.05, 0) is 75.0 Å². The molecule has 4 atom stereocenters. The smallest absolute Gasteiger partial charge is 0.250 e. The lowest BCUT2D eigenvalue weighted by atomic mass is 9.75. The Bertz CT molecular complexity index is 1240. The van der Waals surface area contributed by atoms with Crippen LogP contribution in [0.5, 0.6) is 0 Å². The van der Waals surface area contributed by atoms with Gasteiger partial charge in [0.2, 0.25) is 17.7 Å². The molecule has 7 heteroatoms. The lowest BCUT2D eigenvalue weighted by Gasteiger charge is -2.37. The number of halogens is 1. The minimum atomic E-state index is -1.20. The molecule has 0 bridgehead atoms. The standard InChI is InChI=1S/C25H24ClN3O3/c1-12-6-4-7-17(14(12)3)29-22(30)19-18-8-5-9-28(18)25(20(19)23(29)31)16-11-15(26)10-13(2)21(16)27-24(25)32/h4,6-7,10-11,18-20H,5,8-9H2,1-3H3,(H,27,32)/t18-,19+,20+,25-/m0/s1. The second-order valence-electron chi connectivity index (χ2n) is 9.50. The van der Waals surface area contributed by atoms with Crippen LogP contribution in [0.15, 0.2) is 30.3 Å². The van der Waals surface area contributed by atoms with Gasteiger partial charge < -0.3 is 5.32 Å². The van der Waals surface area contributed by atoms with Crippen LogP contribution in [0.1, 0.15) is 35.1 Å². The zero-order valence-corrected chi connectivity index (χ0v) is 19.0. The molecule has 3 saturated heterocycles. The van der Waals surface area contributed by atoms with Crippen LogP contribution in [-0.2, 0) is 19.9 Å². The molecule has 1 spiro atoms. The first-order valence-electron chi connectivity index (χ1n) is 11.1. The Morgan fingerprint density at radius 1 is 1.06 bits per heavy atom. The predicted octanol–water partition coefficient (Wildman–Crippen LogP) is 3.70. The summed E-state index contributed by atoms with van der Waals surface area (Å²) < 4.78 is 0. The van der Waals surface area contributed by atoms with Crippen molar-refractivity contribution in [3.8, 4) is 0 Å². The Labute approximate surface area is 191 Å². The fraction of sp³-hybridized carbons (Fsp3) is 0.400. The van der Waals surface area contributed by atoms with Crippen LogP contribution < -0.4 is 10.2 Å². The van der Waals surface area contributed by atoms with Crippen molar-refractivity contribution in [3.05, 3.63) is 57.6 Å². The SMILES string of the molecule is Cc1cccc(N2C(=O)[C@@H]3[C@@H]4CCCN4[C@]4(C(=O)Nc5c(C)cc(Cl)cc54)[C@H]3C2=O)c1C. The monoisotopic (exact) mass is 449 g/mol. The largest absolute Gasteiger partial charge is 0.324 e. The third-order valence-corrected chi connectivity index (χ3v) is 8.30. The molecule has 6 rings (SSSR count). The van der Waals surface area contributed by atoms with Gasteiger partial charge in [0.25, 0.3) is 0 Å². The summed E-state index contributed by atoms with van der Waals surface area (Å²) in [5, 5.41) is 3.57. The second-order valence-corrected chi connectivity index (χ2v) is 9.94. The first kappa shape index (κ1) is 19.9. The average molecular weight is 450 g/mol. The Balaban J connectivity index is 1.59. The van der Waals surface area contributed by atoms with Crippen molar-refractivity contribution in [1.29, 1.82) is 0 Å². The average Bonchev–Trinajstić information content (AvgIpc) is 3.44. The fourth-order valence-electron chi connectivity index (χ4n) is 6.65. The normalized spacial score (nSPS) is 30.8. The van der Waals surface area contributed by atoms with E-state index in [2.05, 4.69) is 10.2 Å². The third kappa shape index (κ3) is 2.17. The van der Waals surface area contributed by atoms with E-state index >= 15 is 0 Å². The van der Waals surface area contributed by atoms with E-state index in [1.807, 2.05) is 45.0 Å². The molecule has 1 N–H and O–H groups in total. The molecule has 4 heterocycles. The molecule has 0 saturated carbocycles. The van der Waals surface area contributed by atoms with Crippen molar-refractivity contribution < 1.29 is 14.4 Å². The lowest BCUT2D eigenvalue weighted by molar-refractivity contribution is -0.135. The quantitative estimate of drug-likeness (QED) is 0.674. The number of fused-ring (bicyclic) bond motifs is 7. The van der Waals surface area contributed by atoms with Crippen LogP contribution in [0, 0.1) is 32.6 Å². The highest BCUT2D eigenvalue weighted by Crippen LogP contribution is 2.61.